The van der Waals surface area contributed by atoms with Crippen molar-refractivity contribution in [2.75, 3.05) is 27.2 Å². The Balaban J connectivity index is 0.00000338. The number of fused-ring (bicyclic) bond motifs is 1. The summed E-state index contributed by atoms with van der Waals surface area (Å²) < 4.78 is 5.81. The maximum atomic E-state index is 12.0. The Bertz CT molecular complexity index is 716. The van der Waals surface area contributed by atoms with Crippen LogP contribution >= 0.6 is 24.0 Å². The Morgan fingerprint density at radius 1 is 1.27 bits per heavy atom. The number of halogens is 1. The number of likely N-dealkylation sites (N-methyl/N-ethyl adjacent to an activating group) is 1. The van der Waals surface area contributed by atoms with E-state index in [1.54, 1.807) is 11.9 Å². The number of nitrogens with one attached hydrogen (secondary N) is 2. The molecule has 1 heterocycles. The van der Waals surface area contributed by atoms with Gasteiger partial charge in [-0.2, -0.15) is 0 Å². The summed E-state index contributed by atoms with van der Waals surface area (Å²) in [4.78, 5) is 18.1. The molecule has 0 atom stereocenters. The average Bonchev–Trinajstić information content (AvgIpc) is 2.92. The van der Waals surface area contributed by atoms with Gasteiger partial charge < -0.3 is 20.0 Å². The largest absolute Gasteiger partial charge is 0.461 e. The number of hydrogen-bond acceptors (Lipinski definition) is 3. The summed E-state index contributed by atoms with van der Waals surface area (Å²) in [5, 5.41) is 7.32. The topological polar surface area (TPSA) is 69.9 Å². The van der Waals surface area contributed by atoms with E-state index in [4.69, 9.17) is 4.42 Å². The Labute approximate surface area is 172 Å². The summed E-state index contributed by atoms with van der Waals surface area (Å²) in [6.07, 6.45) is 0.746. The SMILES string of the molecule is CN=C(NCCc1cc2ccccc2o1)N(C)CC(=O)NC(C)(C)C.I. The average molecular weight is 472 g/mol. The van der Waals surface area contributed by atoms with Crippen molar-refractivity contribution in [2.24, 2.45) is 4.99 Å². The summed E-state index contributed by atoms with van der Waals surface area (Å²) in [5.41, 5.74) is 0.661. The van der Waals surface area contributed by atoms with Crippen LogP contribution in [0.15, 0.2) is 39.7 Å². The minimum absolute atomic E-state index is 0. The molecule has 0 bridgehead atoms. The zero-order chi connectivity index (χ0) is 18.4. The Morgan fingerprint density at radius 2 is 1.96 bits per heavy atom. The van der Waals surface area contributed by atoms with Crippen molar-refractivity contribution in [1.29, 1.82) is 0 Å². The van der Waals surface area contributed by atoms with Crippen LogP contribution in [0.3, 0.4) is 0 Å². The first-order chi connectivity index (χ1) is 11.8. The second kappa shape index (κ2) is 9.80. The number of guanidine groups is 1. The highest BCUT2D eigenvalue weighted by atomic mass is 127. The number of nitrogens with zero attached hydrogens (tertiary/aromatic N) is 2. The summed E-state index contributed by atoms with van der Waals surface area (Å²) in [5.74, 6) is 1.58. The first-order valence-electron chi connectivity index (χ1n) is 8.49. The van der Waals surface area contributed by atoms with Gasteiger partial charge in [-0.1, -0.05) is 18.2 Å². The van der Waals surface area contributed by atoms with Gasteiger partial charge in [0.1, 0.15) is 11.3 Å². The molecular weight excluding hydrogens is 443 g/mol. The first kappa shape index (κ1) is 22.3. The van der Waals surface area contributed by atoms with Crippen molar-refractivity contribution in [3.8, 4) is 0 Å². The second-order valence-corrected chi connectivity index (χ2v) is 7.13. The Kier molecular flexibility index (Phi) is 8.39. The predicted molar refractivity (Wildman–Crippen MR) is 117 cm³/mol. The van der Waals surface area contributed by atoms with Crippen molar-refractivity contribution >= 4 is 46.8 Å². The molecule has 6 nitrogen and oxygen atoms in total. The van der Waals surface area contributed by atoms with Gasteiger partial charge in [-0.05, 0) is 32.9 Å². The fourth-order valence-corrected chi connectivity index (χ4v) is 2.59. The van der Waals surface area contributed by atoms with Crippen molar-refractivity contribution in [3.63, 3.8) is 0 Å². The number of benzene rings is 1. The Morgan fingerprint density at radius 3 is 2.58 bits per heavy atom. The molecule has 0 aliphatic carbocycles. The third-order valence-corrected chi connectivity index (χ3v) is 3.60. The fourth-order valence-electron chi connectivity index (χ4n) is 2.59. The Hall–Kier alpha value is -1.77. The summed E-state index contributed by atoms with van der Waals surface area (Å²) >= 11 is 0. The quantitative estimate of drug-likeness (QED) is 0.399. The molecule has 2 aromatic rings. The standard InChI is InChI=1S/C19H28N4O2.HI/c1-19(2,3)22-17(24)13-23(5)18(20-4)21-11-10-15-12-14-8-6-7-9-16(14)25-15;/h6-9,12H,10-11,13H2,1-5H3,(H,20,21)(H,22,24);1H. The minimum Gasteiger partial charge on any atom is -0.461 e. The highest BCUT2D eigenvalue weighted by Gasteiger charge is 2.16. The molecular formula is C19H29IN4O2. The lowest BCUT2D eigenvalue weighted by Crippen LogP contribution is -2.49. The molecule has 0 radical (unpaired) electrons. The van der Waals surface area contributed by atoms with E-state index in [2.05, 4.69) is 21.7 Å². The molecule has 144 valence electrons. The van der Waals surface area contributed by atoms with Crippen molar-refractivity contribution in [1.82, 2.24) is 15.5 Å². The van der Waals surface area contributed by atoms with Gasteiger partial charge in [0.05, 0.1) is 6.54 Å². The molecule has 1 amide bonds. The molecule has 0 saturated heterocycles. The highest BCUT2D eigenvalue weighted by molar-refractivity contribution is 14.0. The normalized spacial score (nSPS) is 11.8. The molecule has 0 unspecified atom stereocenters. The highest BCUT2D eigenvalue weighted by Crippen LogP contribution is 2.18. The molecule has 26 heavy (non-hydrogen) atoms. The van der Waals surface area contributed by atoms with Crippen molar-refractivity contribution in [2.45, 2.75) is 32.7 Å². The lowest BCUT2D eigenvalue weighted by Gasteiger charge is -2.25. The number of para-hydroxylation sites is 1. The maximum absolute atomic E-state index is 12.0. The number of carbonyl (C=O) groups is 1. The molecule has 2 rings (SSSR count). The zero-order valence-corrected chi connectivity index (χ0v) is 18.5. The molecule has 1 aromatic heterocycles. The van der Waals surface area contributed by atoms with Gasteiger partial charge >= 0.3 is 0 Å². The number of furan rings is 1. The molecule has 0 fully saturated rings. The second-order valence-electron chi connectivity index (χ2n) is 7.13. The molecule has 7 heteroatoms. The molecule has 0 spiro atoms. The van der Waals surface area contributed by atoms with E-state index < -0.39 is 0 Å². The van der Waals surface area contributed by atoms with Gasteiger partial charge in [-0.15, -0.1) is 24.0 Å². The molecule has 2 N–H and O–H groups in total. The van der Waals surface area contributed by atoms with Crippen LogP contribution in [0.1, 0.15) is 26.5 Å². The third kappa shape index (κ3) is 6.86. The molecule has 1 aromatic carbocycles. The van der Waals surface area contributed by atoms with Gasteiger partial charge in [0.25, 0.3) is 0 Å². The van der Waals surface area contributed by atoms with Gasteiger partial charge in [-0.25, -0.2) is 0 Å². The lowest BCUT2D eigenvalue weighted by molar-refractivity contribution is -0.122. The number of rotatable bonds is 5. The van der Waals surface area contributed by atoms with E-state index in [0.29, 0.717) is 12.5 Å². The number of carbonyl (C=O) groups excluding carboxylic acids is 1. The van der Waals surface area contributed by atoms with Gasteiger partial charge in [0.2, 0.25) is 5.91 Å². The molecule has 0 aliphatic rings. The smallest absolute Gasteiger partial charge is 0.240 e. The van der Waals surface area contributed by atoms with E-state index in [9.17, 15) is 4.79 Å². The summed E-state index contributed by atoms with van der Waals surface area (Å²) in [6.45, 7) is 6.82. The van der Waals surface area contributed by atoms with Crippen molar-refractivity contribution in [3.05, 3.63) is 36.1 Å². The van der Waals surface area contributed by atoms with Crippen LogP contribution in [0.4, 0.5) is 0 Å². The monoisotopic (exact) mass is 472 g/mol. The van der Waals surface area contributed by atoms with Crippen LogP contribution in [0.5, 0.6) is 0 Å². The summed E-state index contributed by atoms with van der Waals surface area (Å²) in [6, 6.07) is 10.0. The van der Waals surface area contributed by atoms with E-state index in [0.717, 1.165) is 23.2 Å². The van der Waals surface area contributed by atoms with E-state index in [1.165, 1.54) is 0 Å². The van der Waals surface area contributed by atoms with Crippen LogP contribution in [-0.4, -0.2) is 49.5 Å². The van der Waals surface area contributed by atoms with Crippen molar-refractivity contribution < 1.29 is 9.21 Å². The molecule has 0 saturated carbocycles. The van der Waals surface area contributed by atoms with E-state index in [1.807, 2.05) is 52.1 Å². The zero-order valence-electron chi connectivity index (χ0n) is 16.1. The predicted octanol–water partition coefficient (Wildman–Crippen LogP) is 3.02. The maximum Gasteiger partial charge on any atom is 0.240 e. The number of amides is 1. The molecule has 0 aliphatic heterocycles. The fraction of sp³-hybridized carbons (Fsp3) is 0.474. The van der Waals surface area contributed by atoms with E-state index in [-0.39, 0.29) is 42.0 Å². The summed E-state index contributed by atoms with van der Waals surface area (Å²) in [7, 11) is 3.56. The first-order valence-corrected chi connectivity index (χ1v) is 8.49. The number of hydrogen-bond donors (Lipinski definition) is 2. The van der Waals surface area contributed by atoms with Crippen LogP contribution in [-0.2, 0) is 11.2 Å². The minimum atomic E-state index is -0.240. The number of aliphatic imine (C=N–C) groups is 1. The third-order valence-electron chi connectivity index (χ3n) is 3.60. The van der Waals surface area contributed by atoms with Crippen LogP contribution < -0.4 is 10.6 Å². The van der Waals surface area contributed by atoms with Crippen LogP contribution in [0.25, 0.3) is 11.0 Å². The van der Waals surface area contributed by atoms with Crippen LogP contribution in [0.2, 0.25) is 0 Å². The lowest BCUT2D eigenvalue weighted by atomic mass is 10.1. The van der Waals surface area contributed by atoms with Gasteiger partial charge in [0.15, 0.2) is 5.96 Å². The van der Waals surface area contributed by atoms with Gasteiger partial charge in [0, 0.05) is 38.0 Å². The van der Waals surface area contributed by atoms with Gasteiger partial charge in [-0.3, -0.25) is 9.79 Å². The van der Waals surface area contributed by atoms with Crippen LogP contribution in [0, 0.1) is 0 Å². The van der Waals surface area contributed by atoms with E-state index >= 15 is 0 Å².